The van der Waals surface area contributed by atoms with Crippen molar-refractivity contribution in [3.8, 4) is 6.07 Å². The first-order valence-corrected chi connectivity index (χ1v) is 10.8. The summed E-state index contributed by atoms with van der Waals surface area (Å²) in [7, 11) is 1.28. The quantitative estimate of drug-likeness (QED) is 0.632. The lowest BCUT2D eigenvalue weighted by Crippen LogP contribution is -2.29. The molecule has 3 rings (SSSR count). The summed E-state index contributed by atoms with van der Waals surface area (Å²) in [6.45, 7) is 1.82. The Hall–Kier alpha value is -3.57. The van der Waals surface area contributed by atoms with Gasteiger partial charge in [-0.3, -0.25) is 4.79 Å². The molecule has 0 unspecified atom stereocenters. The molecule has 1 atom stereocenters. The fraction of sp³-hybridized carbons (Fsp3) is 0.208. The lowest BCUT2D eigenvalue weighted by atomic mass is 9.81. The Morgan fingerprint density at radius 3 is 2.56 bits per heavy atom. The molecule has 0 amide bonds. The zero-order valence-corrected chi connectivity index (χ0v) is 18.4. The summed E-state index contributed by atoms with van der Waals surface area (Å²) in [6, 6.07) is 17.0. The second-order valence-corrected chi connectivity index (χ2v) is 7.69. The fourth-order valence-electron chi connectivity index (χ4n) is 3.37. The molecule has 0 saturated heterocycles. The Morgan fingerprint density at radius 1 is 1.19 bits per heavy atom. The summed E-state index contributed by atoms with van der Waals surface area (Å²) in [5.41, 5.74) is 1.93. The maximum Gasteiger partial charge on any atom is 0.337 e. The van der Waals surface area contributed by atoms with Crippen molar-refractivity contribution >= 4 is 29.4 Å². The molecule has 0 radical (unpaired) electrons. The highest BCUT2D eigenvalue weighted by Gasteiger charge is 2.37. The van der Waals surface area contributed by atoms with Crippen molar-refractivity contribution in [1.82, 2.24) is 5.32 Å². The second kappa shape index (κ2) is 10.6. The van der Waals surface area contributed by atoms with Gasteiger partial charge >= 0.3 is 11.9 Å². The molecule has 32 heavy (non-hydrogen) atoms. The number of nitrogens with zero attached hydrogens (tertiary/aromatic N) is 1. The number of thioether (sulfide) groups is 1. The van der Waals surface area contributed by atoms with E-state index in [4.69, 9.17) is 9.47 Å². The van der Waals surface area contributed by atoms with Crippen LogP contribution in [0.25, 0.3) is 5.70 Å². The number of carbonyl (C=O) groups is 2. The van der Waals surface area contributed by atoms with Gasteiger partial charge in [-0.05, 0) is 30.2 Å². The average Bonchev–Trinajstić information content (AvgIpc) is 2.82. The lowest BCUT2D eigenvalue weighted by Gasteiger charge is -2.30. The summed E-state index contributed by atoms with van der Waals surface area (Å²) in [5.74, 6) is -2.50. The van der Waals surface area contributed by atoms with Crippen molar-refractivity contribution in [1.29, 1.82) is 5.26 Å². The molecule has 1 heterocycles. The van der Waals surface area contributed by atoms with Crippen LogP contribution >= 0.6 is 11.8 Å². The van der Waals surface area contributed by atoms with Crippen LogP contribution in [0.2, 0.25) is 0 Å². The number of ether oxygens (including phenoxy) is 2. The molecule has 2 aromatic rings. The summed E-state index contributed by atoms with van der Waals surface area (Å²) >= 11 is 1.08. The van der Waals surface area contributed by atoms with Crippen LogP contribution in [-0.2, 0) is 19.1 Å². The van der Waals surface area contributed by atoms with Gasteiger partial charge in [-0.1, -0.05) is 54.2 Å². The van der Waals surface area contributed by atoms with Crippen LogP contribution in [0.15, 0.2) is 70.8 Å². The average molecular weight is 453 g/mol. The number of hydrogen-bond donors (Lipinski definition) is 1. The first-order valence-electron chi connectivity index (χ1n) is 9.83. The smallest absolute Gasteiger partial charge is 0.337 e. The molecule has 164 valence electrons. The number of nitriles is 1. The third-order valence-corrected chi connectivity index (χ3v) is 5.74. The van der Waals surface area contributed by atoms with Gasteiger partial charge in [0, 0.05) is 0 Å². The predicted molar refractivity (Wildman–Crippen MR) is 119 cm³/mol. The molecule has 1 aliphatic rings. The Kier molecular flexibility index (Phi) is 7.68. The maximum absolute atomic E-state index is 14.1. The number of allylic oxidation sites excluding steroid dienone is 1. The molecule has 0 spiro atoms. The van der Waals surface area contributed by atoms with Gasteiger partial charge in [-0.25, -0.2) is 9.18 Å². The van der Waals surface area contributed by atoms with Crippen molar-refractivity contribution in [2.24, 2.45) is 0 Å². The van der Waals surface area contributed by atoms with Crippen LogP contribution in [0, 0.1) is 17.1 Å². The lowest BCUT2D eigenvalue weighted by molar-refractivity contribution is -0.139. The largest absolute Gasteiger partial charge is 0.468 e. The highest BCUT2D eigenvalue weighted by molar-refractivity contribution is 8.03. The Bertz CT molecular complexity index is 1120. The number of nitrogens with one attached hydrogen (secondary N) is 1. The molecule has 0 aliphatic carbocycles. The van der Waals surface area contributed by atoms with Gasteiger partial charge in [-0.2, -0.15) is 5.26 Å². The summed E-state index contributed by atoms with van der Waals surface area (Å²) in [5, 5.41) is 13.6. The van der Waals surface area contributed by atoms with E-state index in [0.29, 0.717) is 21.9 Å². The number of hydrogen-bond acceptors (Lipinski definition) is 7. The molecule has 0 aromatic heterocycles. The summed E-state index contributed by atoms with van der Waals surface area (Å²) in [4.78, 5) is 24.8. The van der Waals surface area contributed by atoms with Gasteiger partial charge < -0.3 is 14.8 Å². The number of methoxy groups -OCH3 is 1. The fourth-order valence-corrected chi connectivity index (χ4v) is 4.24. The molecule has 1 N–H and O–H groups in total. The van der Waals surface area contributed by atoms with E-state index >= 15 is 0 Å². The number of benzene rings is 2. The van der Waals surface area contributed by atoms with Gasteiger partial charge in [0.25, 0.3) is 0 Å². The van der Waals surface area contributed by atoms with Gasteiger partial charge in [0.05, 0.1) is 53.3 Å². The van der Waals surface area contributed by atoms with E-state index in [-0.39, 0.29) is 23.5 Å². The predicted octanol–water partition coefficient (Wildman–Crippen LogP) is 4.13. The van der Waals surface area contributed by atoms with Crippen LogP contribution in [0.3, 0.4) is 0 Å². The van der Waals surface area contributed by atoms with Crippen molar-refractivity contribution in [3.05, 3.63) is 87.7 Å². The number of carbonyl (C=O) groups excluding carboxylic acids is 2. The minimum atomic E-state index is -0.883. The van der Waals surface area contributed by atoms with E-state index in [9.17, 15) is 19.2 Å². The van der Waals surface area contributed by atoms with E-state index in [1.54, 1.807) is 13.0 Å². The van der Waals surface area contributed by atoms with Gasteiger partial charge in [0.15, 0.2) is 0 Å². The Balaban J connectivity index is 2.25. The molecule has 8 heteroatoms. The first-order chi connectivity index (χ1) is 15.5. The molecule has 1 aliphatic heterocycles. The molecule has 0 saturated carbocycles. The summed E-state index contributed by atoms with van der Waals surface area (Å²) in [6.07, 6.45) is 0. The first kappa shape index (κ1) is 23.1. The second-order valence-electron chi connectivity index (χ2n) is 6.71. The zero-order valence-electron chi connectivity index (χ0n) is 17.6. The Morgan fingerprint density at radius 2 is 1.94 bits per heavy atom. The molecular formula is C24H21FN2O4S. The SMILES string of the molecule is CCOC(=O)C1=C(c2ccccc2)NC(SCC(=O)OC)=C(C#N)[C@H]1c1cccc(F)c1. The maximum atomic E-state index is 14.1. The molecule has 0 fully saturated rings. The molecule has 0 bridgehead atoms. The zero-order chi connectivity index (χ0) is 23.1. The Labute approximate surface area is 189 Å². The van der Waals surface area contributed by atoms with Gasteiger partial charge in [0.2, 0.25) is 0 Å². The number of dihydropyridines is 1. The van der Waals surface area contributed by atoms with E-state index in [1.807, 2.05) is 30.3 Å². The number of esters is 2. The standard InChI is InChI=1S/C24H21FN2O4S/c1-3-31-24(29)21-20(16-10-7-11-17(25)12-16)18(13-26)23(32-14-19(28)30-2)27-22(21)15-8-5-4-6-9-15/h4-12,20,27H,3,14H2,1-2H3/t20-/m1/s1. The minimum Gasteiger partial charge on any atom is -0.468 e. The van der Waals surface area contributed by atoms with Crippen LogP contribution in [0.5, 0.6) is 0 Å². The van der Waals surface area contributed by atoms with Crippen molar-refractivity contribution < 1.29 is 23.5 Å². The van der Waals surface area contributed by atoms with E-state index in [0.717, 1.165) is 11.8 Å². The topological polar surface area (TPSA) is 88.4 Å². The monoisotopic (exact) mass is 452 g/mol. The van der Waals surface area contributed by atoms with E-state index < -0.39 is 23.7 Å². The van der Waals surface area contributed by atoms with Crippen molar-refractivity contribution in [3.63, 3.8) is 0 Å². The van der Waals surface area contributed by atoms with Crippen LogP contribution < -0.4 is 5.32 Å². The molecular weight excluding hydrogens is 431 g/mol. The van der Waals surface area contributed by atoms with Crippen molar-refractivity contribution in [2.45, 2.75) is 12.8 Å². The minimum absolute atomic E-state index is 0.0449. The normalized spacial score (nSPS) is 15.6. The van der Waals surface area contributed by atoms with E-state index in [2.05, 4.69) is 11.4 Å². The molecule has 6 nitrogen and oxygen atoms in total. The van der Waals surface area contributed by atoms with E-state index in [1.165, 1.54) is 25.3 Å². The van der Waals surface area contributed by atoms with Crippen LogP contribution in [0.1, 0.15) is 24.0 Å². The summed E-state index contributed by atoms with van der Waals surface area (Å²) < 4.78 is 24.2. The highest BCUT2D eigenvalue weighted by atomic mass is 32.2. The third-order valence-electron chi connectivity index (χ3n) is 4.75. The van der Waals surface area contributed by atoms with Crippen LogP contribution in [0.4, 0.5) is 4.39 Å². The molecule has 2 aromatic carbocycles. The van der Waals surface area contributed by atoms with Crippen molar-refractivity contribution in [2.75, 3.05) is 19.5 Å². The third kappa shape index (κ3) is 5.01. The highest BCUT2D eigenvalue weighted by Crippen LogP contribution is 2.43. The van der Waals surface area contributed by atoms with Gasteiger partial charge in [0.1, 0.15) is 5.82 Å². The number of rotatable bonds is 7. The number of halogens is 1. The van der Waals surface area contributed by atoms with Gasteiger partial charge in [-0.15, -0.1) is 0 Å². The van der Waals surface area contributed by atoms with Crippen LogP contribution in [-0.4, -0.2) is 31.4 Å².